The first-order chi connectivity index (χ1) is 12.9. The maximum absolute atomic E-state index is 13.0. The molecule has 0 aromatic heterocycles. The van der Waals surface area contributed by atoms with Gasteiger partial charge in [0.1, 0.15) is 6.04 Å². The van der Waals surface area contributed by atoms with E-state index in [2.05, 4.69) is 31.4 Å². The third-order valence-corrected chi connectivity index (χ3v) is 6.42. The largest absolute Gasteiger partial charge is 0.354 e. The van der Waals surface area contributed by atoms with Crippen LogP contribution in [0.1, 0.15) is 49.5 Å². The third-order valence-electron chi connectivity index (χ3n) is 5.41. The molecule has 5 nitrogen and oxygen atoms in total. The van der Waals surface area contributed by atoms with Gasteiger partial charge in [0.2, 0.25) is 5.91 Å². The first-order valence-electron chi connectivity index (χ1n) is 9.84. The molecule has 0 aliphatic carbocycles. The van der Waals surface area contributed by atoms with Crippen LogP contribution in [0, 0.1) is 5.92 Å². The van der Waals surface area contributed by atoms with Crippen molar-refractivity contribution >= 4 is 23.6 Å². The minimum Gasteiger partial charge on any atom is -0.354 e. The van der Waals surface area contributed by atoms with Crippen LogP contribution < -0.4 is 10.6 Å². The molecule has 1 aromatic rings. The van der Waals surface area contributed by atoms with Gasteiger partial charge in [0.25, 0.3) is 5.91 Å². The molecule has 2 amide bonds. The summed E-state index contributed by atoms with van der Waals surface area (Å²) in [6, 6.07) is 7.42. The van der Waals surface area contributed by atoms with E-state index in [0.29, 0.717) is 29.7 Å². The average molecular weight is 390 g/mol. The molecule has 2 aliphatic rings. The van der Waals surface area contributed by atoms with Gasteiger partial charge in [0, 0.05) is 17.9 Å². The molecule has 0 saturated carbocycles. The second-order valence-electron chi connectivity index (χ2n) is 8.58. The Kier molecular flexibility index (Phi) is 6.48. The van der Waals surface area contributed by atoms with Crippen molar-refractivity contribution < 1.29 is 9.59 Å². The summed E-state index contributed by atoms with van der Waals surface area (Å²) in [7, 11) is 0. The number of amides is 2. The molecule has 2 fully saturated rings. The molecular weight excluding hydrogens is 358 g/mol. The van der Waals surface area contributed by atoms with Gasteiger partial charge in [0.05, 0.1) is 5.88 Å². The SMILES string of the molecule is CC(C)(C)c1ccc(C(=O)N2CSCC2C(=O)NCC2CCCNC2)cc1. The predicted molar refractivity (Wildman–Crippen MR) is 111 cm³/mol. The van der Waals surface area contributed by atoms with Crippen molar-refractivity contribution in [2.24, 2.45) is 5.92 Å². The minimum absolute atomic E-state index is 0.0229. The highest BCUT2D eigenvalue weighted by Crippen LogP contribution is 2.26. The second-order valence-corrected chi connectivity index (χ2v) is 9.58. The summed E-state index contributed by atoms with van der Waals surface area (Å²) in [4.78, 5) is 27.3. The lowest BCUT2D eigenvalue weighted by atomic mass is 9.86. The normalized spacial score (nSPS) is 23.3. The smallest absolute Gasteiger partial charge is 0.255 e. The van der Waals surface area contributed by atoms with Gasteiger partial charge < -0.3 is 15.5 Å². The van der Waals surface area contributed by atoms with Gasteiger partial charge in [-0.05, 0) is 55.0 Å². The van der Waals surface area contributed by atoms with E-state index < -0.39 is 0 Å². The Morgan fingerprint density at radius 2 is 2.00 bits per heavy atom. The fourth-order valence-corrected chi connectivity index (χ4v) is 4.75. The number of nitrogens with zero attached hydrogens (tertiary/aromatic N) is 1. The van der Waals surface area contributed by atoms with Crippen LogP contribution in [0.2, 0.25) is 0 Å². The summed E-state index contributed by atoms with van der Waals surface area (Å²) in [6.07, 6.45) is 2.31. The summed E-state index contributed by atoms with van der Waals surface area (Å²) >= 11 is 1.64. The summed E-state index contributed by atoms with van der Waals surface area (Å²) in [5.41, 5.74) is 1.91. The van der Waals surface area contributed by atoms with Crippen LogP contribution in [0.4, 0.5) is 0 Å². The van der Waals surface area contributed by atoms with Crippen LogP contribution >= 0.6 is 11.8 Å². The highest BCUT2D eigenvalue weighted by molar-refractivity contribution is 7.99. The van der Waals surface area contributed by atoms with E-state index in [9.17, 15) is 9.59 Å². The summed E-state index contributed by atoms with van der Waals surface area (Å²) in [5, 5.41) is 6.45. The van der Waals surface area contributed by atoms with E-state index in [-0.39, 0.29) is 23.3 Å². The van der Waals surface area contributed by atoms with Gasteiger partial charge in [-0.2, -0.15) is 0 Å². The van der Waals surface area contributed by atoms with Crippen molar-refractivity contribution in [3.8, 4) is 0 Å². The highest BCUT2D eigenvalue weighted by atomic mass is 32.2. The molecule has 0 bridgehead atoms. The molecular formula is C21H31N3O2S. The van der Waals surface area contributed by atoms with Crippen LogP contribution in [0.3, 0.4) is 0 Å². The van der Waals surface area contributed by atoms with E-state index in [1.165, 1.54) is 5.56 Å². The first kappa shape index (κ1) is 20.2. The second kappa shape index (κ2) is 8.65. The lowest BCUT2D eigenvalue weighted by Crippen LogP contribution is -2.49. The van der Waals surface area contributed by atoms with Crippen molar-refractivity contribution in [2.75, 3.05) is 31.3 Å². The van der Waals surface area contributed by atoms with Crippen LogP contribution in [0.15, 0.2) is 24.3 Å². The van der Waals surface area contributed by atoms with Crippen LogP contribution in [-0.4, -0.2) is 54.0 Å². The number of thioether (sulfide) groups is 1. The maximum atomic E-state index is 13.0. The maximum Gasteiger partial charge on any atom is 0.255 e. The molecule has 0 spiro atoms. The van der Waals surface area contributed by atoms with Crippen LogP contribution in [0.5, 0.6) is 0 Å². The molecule has 6 heteroatoms. The average Bonchev–Trinajstić information content (AvgIpc) is 3.15. The highest BCUT2D eigenvalue weighted by Gasteiger charge is 2.35. The van der Waals surface area contributed by atoms with Gasteiger partial charge >= 0.3 is 0 Å². The number of carbonyl (C=O) groups is 2. The first-order valence-corrected chi connectivity index (χ1v) is 11.0. The van der Waals surface area contributed by atoms with Crippen molar-refractivity contribution in [3.05, 3.63) is 35.4 Å². The molecule has 3 rings (SSSR count). The van der Waals surface area contributed by atoms with Gasteiger partial charge in [-0.1, -0.05) is 32.9 Å². The van der Waals surface area contributed by atoms with E-state index in [0.717, 1.165) is 25.9 Å². The van der Waals surface area contributed by atoms with E-state index in [1.54, 1.807) is 16.7 Å². The number of nitrogens with one attached hydrogen (secondary N) is 2. The minimum atomic E-state index is -0.374. The van der Waals surface area contributed by atoms with E-state index in [4.69, 9.17) is 0 Å². The van der Waals surface area contributed by atoms with Crippen LogP contribution in [-0.2, 0) is 10.2 Å². The number of rotatable bonds is 4. The Labute approximate surface area is 166 Å². The predicted octanol–water partition coefficient (Wildman–Crippen LogP) is 2.62. The quantitative estimate of drug-likeness (QED) is 0.831. The molecule has 2 heterocycles. The Morgan fingerprint density at radius 1 is 1.26 bits per heavy atom. The van der Waals surface area contributed by atoms with Crippen molar-refractivity contribution in [2.45, 2.75) is 45.1 Å². The molecule has 2 saturated heterocycles. The Bertz CT molecular complexity index is 663. The summed E-state index contributed by atoms with van der Waals surface area (Å²) in [6.45, 7) is 9.19. The fraction of sp³-hybridized carbons (Fsp3) is 0.619. The monoisotopic (exact) mass is 389 g/mol. The summed E-state index contributed by atoms with van der Waals surface area (Å²) in [5.74, 6) is 1.65. The van der Waals surface area contributed by atoms with Gasteiger partial charge in [0.15, 0.2) is 0 Å². The molecule has 2 aliphatic heterocycles. The zero-order valence-corrected chi connectivity index (χ0v) is 17.4. The molecule has 2 atom stereocenters. The topological polar surface area (TPSA) is 61.4 Å². The summed E-state index contributed by atoms with van der Waals surface area (Å²) < 4.78 is 0. The number of piperidine rings is 1. The Morgan fingerprint density at radius 3 is 2.63 bits per heavy atom. The molecule has 2 unspecified atom stereocenters. The van der Waals surface area contributed by atoms with Crippen molar-refractivity contribution in [3.63, 3.8) is 0 Å². The Balaban J connectivity index is 1.61. The zero-order chi connectivity index (χ0) is 19.4. The van der Waals surface area contributed by atoms with Crippen molar-refractivity contribution in [1.82, 2.24) is 15.5 Å². The number of hydrogen-bond acceptors (Lipinski definition) is 4. The number of hydrogen-bond donors (Lipinski definition) is 2. The lowest BCUT2D eigenvalue weighted by molar-refractivity contribution is -0.124. The standard InChI is InChI=1S/C21H31N3O2S/c1-21(2,3)17-8-6-16(7-9-17)20(26)24-14-27-13-18(24)19(25)23-12-15-5-4-10-22-11-15/h6-9,15,18,22H,4-5,10-14H2,1-3H3,(H,23,25). The molecule has 148 valence electrons. The lowest BCUT2D eigenvalue weighted by Gasteiger charge is -2.26. The molecule has 1 aromatic carbocycles. The zero-order valence-electron chi connectivity index (χ0n) is 16.6. The Hall–Kier alpha value is -1.53. The number of benzene rings is 1. The third kappa shape index (κ3) is 5.05. The fourth-order valence-electron chi connectivity index (χ4n) is 3.60. The molecule has 27 heavy (non-hydrogen) atoms. The van der Waals surface area contributed by atoms with E-state index in [1.807, 2.05) is 24.3 Å². The van der Waals surface area contributed by atoms with Crippen LogP contribution in [0.25, 0.3) is 0 Å². The number of carbonyl (C=O) groups excluding carboxylic acids is 2. The van der Waals surface area contributed by atoms with Gasteiger partial charge in [-0.3, -0.25) is 9.59 Å². The van der Waals surface area contributed by atoms with Crippen molar-refractivity contribution in [1.29, 1.82) is 0 Å². The molecule has 2 N–H and O–H groups in total. The van der Waals surface area contributed by atoms with E-state index >= 15 is 0 Å². The van der Waals surface area contributed by atoms with Gasteiger partial charge in [-0.15, -0.1) is 11.8 Å². The molecule has 0 radical (unpaired) electrons. The van der Waals surface area contributed by atoms with Gasteiger partial charge in [-0.25, -0.2) is 0 Å².